The molecule has 1 saturated heterocycles. The Morgan fingerprint density at radius 1 is 1.06 bits per heavy atom. The number of amides is 3. The molecule has 1 fully saturated rings. The fraction of sp³-hybridized carbons (Fsp3) is 0.190. The van der Waals surface area contributed by atoms with Gasteiger partial charge in [0.2, 0.25) is 5.13 Å². The third kappa shape index (κ3) is 3.93. The van der Waals surface area contributed by atoms with Gasteiger partial charge in [0.25, 0.3) is 23.4 Å². The molecule has 2 aliphatic rings. The Hall–Kier alpha value is -3.68. The second kappa shape index (κ2) is 8.93. The highest BCUT2D eigenvalue weighted by atomic mass is 32.2. The largest absolute Gasteiger partial charge is 0.378 e. The van der Waals surface area contributed by atoms with Gasteiger partial charge in [-0.05, 0) is 36.0 Å². The second-order valence-corrected chi connectivity index (χ2v) is 9.53. The van der Waals surface area contributed by atoms with E-state index in [4.69, 9.17) is 4.74 Å². The maximum absolute atomic E-state index is 12.7. The minimum absolute atomic E-state index is 0.0791. The number of aromatic nitrogens is 2. The van der Waals surface area contributed by atoms with Crippen LogP contribution in [0.25, 0.3) is 0 Å². The van der Waals surface area contributed by atoms with Crippen LogP contribution < -0.4 is 4.90 Å². The molecular formula is C21H15N5O6S2. The number of ether oxygens (including phenoxy) is 1. The predicted molar refractivity (Wildman–Crippen MR) is 121 cm³/mol. The third-order valence-electron chi connectivity index (χ3n) is 5.28. The summed E-state index contributed by atoms with van der Waals surface area (Å²) in [5, 5.41) is 19.7. The zero-order chi connectivity index (χ0) is 23.8. The van der Waals surface area contributed by atoms with Crippen LogP contribution in [-0.4, -0.2) is 64.0 Å². The topological polar surface area (TPSA) is 136 Å². The number of imide groups is 1. The lowest BCUT2D eigenvalue weighted by Crippen LogP contribution is -2.40. The molecule has 0 atom stereocenters. The van der Waals surface area contributed by atoms with Gasteiger partial charge < -0.3 is 9.64 Å². The van der Waals surface area contributed by atoms with Crippen molar-refractivity contribution in [2.45, 2.75) is 9.24 Å². The molecule has 0 unspecified atom stereocenters. The molecule has 0 N–H and O–H groups in total. The number of nitro benzene ring substituents is 1. The molecule has 1 aromatic heterocycles. The standard InChI is InChI=1S/C21H15N5O6S2/c27-17(24-7-9-32-10-8-24)12-5-6-16(15(11-12)26(30)31)33-21-23-22-20(34-21)25-18(28)13-3-1-2-4-14(13)19(25)29/h1-6,11H,7-10H2. The molecule has 5 rings (SSSR count). The molecule has 3 heterocycles. The molecule has 2 aromatic carbocycles. The van der Waals surface area contributed by atoms with Gasteiger partial charge in [-0.3, -0.25) is 24.5 Å². The molecule has 3 amide bonds. The number of morpholine rings is 1. The van der Waals surface area contributed by atoms with Gasteiger partial charge in [0, 0.05) is 24.7 Å². The summed E-state index contributed by atoms with van der Waals surface area (Å²) < 4.78 is 5.55. The average molecular weight is 498 g/mol. The van der Waals surface area contributed by atoms with Crippen LogP contribution in [0.2, 0.25) is 0 Å². The van der Waals surface area contributed by atoms with Crippen LogP contribution in [0.5, 0.6) is 0 Å². The number of anilines is 1. The molecule has 11 nitrogen and oxygen atoms in total. The quantitative estimate of drug-likeness (QED) is 0.225. The highest BCUT2D eigenvalue weighted by Gasteiger charge is 2.38. The first-order valence-electron chi connectivity index (χ1n) is 10.1. The van der Waals surface area contributed by atoms with E-state index >= 15 is 0 Å². The van der Waals surface area contributed by atoms with Gasteiger partial charge in [0.15, 0.2) is 4.34 Å². The normalized spacial score (nSPS) is 15.5. The summed E-state index contributed by atoms with van der Waals surface area (Å²) in [4.78, 5) is 52.0. The number of hydrogen-bond acceptors (Lipinski definition) is 10. The number of carbonyl (C=O) groups is 3. The molecule has 13 heteroatoms. The fourth-order valence-electron chi connectivity index (χ4n) is 3.62. The molecule has 34 heavy (non-hydrogen) atoms. The van der Waals surface area contributed by atoms with Crippen LogP contribution in [-0.2, 0) is 4.74 Å². The number of nitro groups is 1. The summed E-state index contributed by atoms with van der Waals surface area (Å²) in [6.07, 6.45) is 0. The average Bonchev–Trinajstić information content (AvgIpc) is 3.41. The molecule has 172 valence electrons. The Labute approximate surface area is 200 Å². The zero-order valence-electron chi connectivity index (χ0n) is 17.4. The first-order chi connectivity index (χ1) is 16.4. The van der Waals surface area contributed by atoms with Gasteiger partial charge >= 0.3 is 0 Å². The van der Waals surface area contributed by atoms with Crippen molar-refractivity contribution in [1.82, 2.24) is 15.1 Å². The first-order valence-corrected chi connectivity index (χ1v) is 11.7. The van der Waals surface area contributed by atoms with Crippen LogP contribution >= 0.6 is 23.1 Å². The van der Waals surface area contributed by atoms with Crippen molar-refractivity contribution in [3.8, 4) is 0 Å². The Morgan fingerprint density at radius 2 is 1.74 bits per heavy atom. The highest BCUT2D eigenvalue weighted by Crippen LogP contribution is 2.40. The maximum atomic E-state index is 12.7. The minimum Gasteiger partial charge on any atom is -0.378 e. The van der Waals surface area contributed by atoms with Crippen molar-refractivity contribution in [3.05, 3.63) is 69.3 Å². The Bertz CT molecular complexity index is 1300. The van der Waals surface area contributed by atoms with Crippen molar-refractivity contribution in [1.29, 1.82) is 0 Å². The highest BCUT2D eigenvalue weighted by molar-refractivity contribution is 8.01. The molecular weight excluding hydrogens is 482 g/mol. The van der Waals surface area contributed by atoms with Crippen LogP contribution in [0, 0.1) is 10.1 Å². The summed E-state index contributed by atoms with van der Waals surface area (Å²) in [6.45, 7) is 1.70. The third-order valence-corrected chi connectivity index (χ3v) is 7.30. The van der Waals surface area contributed by atoms with Gasteiger partial charge in [-0.2, -0.15) is 0 Å². The number of carbonyl (C=O) groups excluding carboxylic acids is 3. The van der Waals surface area contributed by atoms with E-state index < -0.39 is 16.7 Å². The van der Waals surface area contributed by atoms with Gasteiger partial charge in [-0.15, -0.1) is 10.2 Å². The molecule has 2 aliphatic heterocycles. The summed E-state index contributed by atoms with van der Waals surface area (Å²) in [5.41, 5.74) is 0.532. The van der Waals surface area contributed by atoms with Gasteiger partial charge in [0.05, 0.1) is 34.2 Å². The van der Waals surface area contributed by atoms with Crippen molar-refractivity contribution >= 4 is 51.6 Å². The molecule has 0 saturated carbocycles. The van der Waals surface area contributed by atoms with E-state index in [9.17, 15) is 24.5 Å². The van der Waals surface area contributed by atoms with E-state index in [0.717, 1.165) is 28.0 Å². The maximum Gasteiger partial charge on any atom is 0.284 e. The van der Waals surface area contributed by atoms with Crippen LogP contribution in [0.1, 0.15) is 31.1 Å². The van der Waals surface area contributed by atoms with E-state index in [0.29, 0.717) is 30.6 Å². The Morgan fingerprint density at radius 3 is 2.38 bits per heavy atom. The monoisotopic (exact) mass is 497 g/mol. The Balaban J connectivity index is 1.38. The number of fused-ring (bicyclic) bond motifs is 1. The molecule has 0 aliphatic carbocycles. The fourth-order valence-corrected chi connectivity index (χ4v) is 5.50. The molecule has 3 aromatic rings. The molecule has 0 spiro atoms. The summed E-state index contributed by atoms with van der Waals surface area (Å²) in [6, 6.07) is 10.7. The predicted octanol–water partition coefficient (Wildman–Crippen LogP) is 2.87. The van der Waals surface area contributed by atoms with Crippen molar-refractivity contribution in [2.75, 3.05) is 31.2 Å². The molecule has 0 radical (unpaired) electrons. The van der Waals surface area contributed by atoms with Crippen LogP contribution in [0.4, 0.5) is 10.8 Å². The van der Waals surface area contributed by atoms with E-state index in [1.165, 1.54) is 18.2 Å². The zero-order valence-corrected chi connectivity index (χ0v) is 19.0. The number of nitrogens with zero attached hydrogens (tertiary/aromatic N) is 5. The van der Waals surface area contributed by atoms with Crippen molar-refractivity contribution in [3.63, 3.8) is 0 Å². The van der Waals surface area contributed by atoms with Crippen molar-refractivity contribution in [2.24, 2.45) is 0 Å². The van der Waals surface area contributed by atoms with Gasteiger partial charge in [-0.25, -0.2) is 4.90 Å². The molecule has 0 bridgehead atoms. The van der Waals surface area contributed by atoms with E-state index in [1.807, 2.05) is 0 Å². The minimum atomic E-state index is -0.565. The summed E-state index contributed by atoms with van der Waals surface area (Å²) in [7, 11) is 0. The number of rotatable bonds is 5. The van der Waals surface area contributed by atoms with Crippen LogP contribution in [0.3, 0.4) is 0 Å². The summed E-state index contributed by atoms with van der Waals surface area (Å²) >= 11 is 1.94. The second-order valence-electron chi connectivity index (χ2n) is 7.29. The lowest BCUT2D eigenvalue weighted by molar-refractivity contribution is -0.387. The Kier molecular flexibility index (Phi) is 5.81. The van der Waals surface area contributed by atoms with Gasteiger partial charge in [0.1, 0.15) is 0 Å². The lowest BCUT2D eigenvalue weighted by Gasteiger charge is -2.26. The van der Waals surface area contributed by atoms with Crippen molar-refractivity contribution < 1.29 is 24.0 Å². The smallest absolute Gasteiger partial charge is 0.284 e. The van der Waals surface area contributed by atoms with Crippen LogP contribution in [0.15, 0.2) is 51.7 Å². The van der Waals surface area contributed by atoms with E-state index in [-0.39, 0.29) is 38.3 Å². The lowest BCUT2D eigenvalue weighted by atomic mass is 10.1. The number of benzene rings is 2. The van der Waals surface area contributed by atoms with E-state index in [1.54, 1.807) is 29.2 Å². The summed E-state index contributed by atoms with van der Waals surface area (Å²) in [5.74, 6) is -1.29. The SMILES string of the molecule is O=C(c1ccc(Sc2nnc(N3C(=O)c4ccccc4C3=O)s2)c([N+](=O)[O-])c1)N1CCOCC1. The van der Waals surface area contributed by atoms with Gasteiger partial charge in [-0.1, -0.05) is 23.5 Å². The van der Waals surface area contributed by atoms with E-state index in [2.05, 4.69) is 10.2 Å². The first kappa shape index (κ1) is 22.1. The number of hydrogen-bond donors (Lipinski definition) is 0.